The molecule has 0 saturated carbocycles. The van der Waals surface area contributed by atoms with Crippen molar-refractivity contribution < 1.29 is 9.53 Å². The van der Waals surface area contributed by atoms with Gasteiger partial charge in [0.15, 0.2) is 5.82 Å². The van der Waals surface area contributed by atoms with Gasteiger partial charge in [0.1, 0.15) is 5.70 Å². The largest absolute Gasteiger partial charge is 0.464 e. The van der Waals surface area contributed by atoms with E-state index in [9.17, 15) is 4.79 Å². The molecule has 0 N–H and O–H groups in total. The van der Waals surface area contributed by atoms with Crippen LogP contribution >= 0.6 is 23.2 Å². The number of carbonyl (C=O) groups excluding carboxylic acids is 1. The Hall–Kier alpha value is -2.18. The molecule has 0 fully saturated rings. The lowest BCUT2D eigenvalue weighted by molar-refractivity contribution is -0.136. The van der Waals surface area contributed by atoms with E-state index >= 15 is 0 Å². The molecule has 134 valence electrons. The molecule has 1 aromatic heterocycles. The van der Waals surface area contributed by atoms with Crippen LogP contribution in [0.4, 0.5) is 5.82 Å². The average Bonchev–Trinajstić information content (AvgIpc) is 2.95. The van der Waals surface area contributed by atoms with E-state index in [0.29, 0.717) is 21.6 Å². The van der Waals surface area contributed by atoms with Gasteiger partial charge in [0.05, 0.1) is 22.8 Å². The van der Waals surface area contributed by atoms with Crippen molar-refractivity contribution in [3.63, 3.8) is 0 Å². The Morgan fingerprint density at radius 3 is 2.44 bits per heavy atom. The molecule has 2 rings (SSSR count). The Labute approximate surface area is 157 Å². The second kappa shape index (κ2) is 7.80. The first kappa shape index (κ1) is 19.1. The number of benzene rings is 1. The molecule has 0 bridgehead atoms. The first-order valence-corrected chi connectivity index (χ1v) is 8.20. The number of aromatic nitrogens is 2. The maximum absolute atomic E-state index is 12.1. The molecule has 0 spiro atoms. The van der Waals surface area contributed by atoms with Gasteiger partial charge in [-0.1, -0.05) is 29.3 Å². The number of rotatable bonds is 5. The molecule has 1 aromatic carbocycles. The van der Waals surface area contributed by atoms with Crippen LogP contribution in [0.15, 0.2) is 36.2 Å². The zero-order valence-electron chi connectivity index (χ0n) is 14.7. The van der Waals surface area contributed by atoms with Crippen molar-refractivity contribution in [1.29, 1.82) is 0 Å². The summed E-state index contributed by atoms with van der Waals surface area (Å²) >= 11 is 12.1. The molecule has 0 aliphatic carbocycles. The van der Waals surface area contributed by atoms with E-state index in [0.717, 1.165) is 11.3 Å². The van der Waals surface area contributed by atoms with Crippen molar-refractivity contribution in [2.24, 2.45) is 7.05 Å². The molecule has 0 unspecified atom stereocenters. The Balaban J connectivity index is 2.43. The molecule has 0 saturated heterocycles. The number of halogens is 2. The number of carbonyl (C=O) groups is 1. The zero-order chi connectivity index (χ0) is 18.7. The predicted octanol–water partition coefficient (Wildman–Crippen LogP) is 3.41. The van der Waals surface area contributed by atoms with Crippen molar-refractivity contribution in [3.05, 3.63) is 46.2 Å². The van der Waals surface area contributed by atoms with Gasteiger partial charge in [-0.25, -0.2) is 4.79 Å². The van der Waals surface area contributed by atoms with Crippen molar-refractivity contribution in [2.45, 2.75) is 0 Å². The number of hydrogen-bond donors (Lipinski definition) is 0. The standard InChI is InChI=1S/C17H20Cl2N4O2/c1-21(2)10-15(17(24)25-5)22(3)16-9-14(23(4)20-16)11-6-7-12(18)13(19)8-11/h6-10H,1-5H3. The van der Waals surface area contributed by atoms with Gasteiger partial charge in [0, 0.05) is 46.0 Å². The Bertz CT molecular complexity index is 815. The summed E-state index contributed by atoms with van der Waals surface area (Å²) < 4.78 is 6.58. The number of nitrogens with zero attached hydrogens (tertiary/aromatic N) is 4. The second-order valence-electron chi connectivity index (χ2n) is 5.67. The third kappa shape index (κ3) is 4.27. The van der Waals surface area contributed by atoms with Crippen LogP contribution in [-0.2, 0) is 16.6 Å². The number of anilines is 1. The van der Waals surface area contributed by atoms with Crippen LogP contribution in [0.2, 0.25) is 10.0 Å². The van der Waals surface area contributed by atoms with E-state index in [2.05, 4.69) is 5.10 Å². The first-order valence-electron chi connectivity index (χ1n) is 7.44. The maximum Gasteiger partial charge on any atom is 0.356 e. The van der Waals surface area contributed by atoms with Crippen LogP contribution in [0.3, 0.4) is 0 Å². The number of likely N-dealkylation sites (N-methyl/N-ethyl adjacent to an activating group) is 1. The fourth-order valence-corrected chi connectivity index (χ4v) is 2.59. The third-order valence-electron chi connectivity index (χ3n) is 3.56. The molecule has 0 atom stereocenters. The van der Waals surface area contributed by atoms with Crippen LogP contribution in [0.25, 0.3) is 11.3 Å². The van der Waals surface area contributed by atoms with Gasteiger partial charge in [-0.15, -0.1) is 0 Å². The van der Waals surface area contributed by atoms with Crippen LogP contribution in [0.5, 0.6) is 0 Å². The van der Waals surface area contributed by atoms with Crippen LogP contribution in [0.1, 0.15) is 0 Å². The highest BCUT2D eigenvalue weighted by Gasteiger charge is 2.20. The number of aryl methyl sites for hydroxylation is 1. The van der Waals surface area contributed by atoms with Gasteiger partial charge in [0.25, 0.3) is 0 Å². The van der Waals surface area contributed by atoms with Crippen LogP contribution in [-0.4, -0.2) is 48.9 Å². The Kier molecular flexibility index (Phi) is 5.98. The third-order valence-corrected chi connectivity index (χ3v) is 4.30. The van der Waals surface area contributed by atoms with Gasteiger partial charge in [-0.05, 0) is 12.1 Å². The summed E-state index contributed by atoms with van der Waals surface area (Å²) in [5.41, 5.74) is 2.08. The van der Waals surface area contributed by atoms with Crippen molar-refractivity contribution in [1.82, 2.24) is 14.7 Å². The molecule has 0 aliphatic heterocycles. The smallest absolute Gasteiger partial charge is 0.356 e. The van der Waals surface area contributed by atoms with Gasteiger partial charge < -0.3 is 14.5 Å². The van der Waals surface area contributed by atoms with E-state index in [1.54, 1.807) is 39.9 Å². The summed E-state index contributed by atoms with van der Waals surface area (Å²) in [6, 6.07) is 7.25. The Morgan fingerprint density at radius 1 is 1.20 bits per heavy atom. The summed E-state index contributed by atoms with van der Waals surface area (Å²) in [7, 11) is 8.59. The van der Waals surface area contributed by atoms with E-state index in [1.165, 1.54) is 7.11 Å². The number of esters is 1. The maximum atomic E-state index is 12.1. The number of ether oxygens (including phenoxy) is 1. The quantitative estimate of drug-likeness (QED) is 0.585. The van der Waals surface area contributed by atoms with E-state index in [-0.39, 0.29) is 0 Å². The fraction of sp³-hybridized carbons (Fsp3) is 0.294. The summed E-state index contributed by atoms with van der Waals surface area (Å²) in [6.45, 7) is 0. The lowest BCUT2D eigenvalue weighted by Gasteiger charge is -2.20. The molecular formula is C17H20Cl2N4O2. The summed E-state index contributed by atoms with van der Waals surface area (Å²) in [6.07, 6.45) is 1.68. The molecule has 1 heterocycles. The summed E-state index contributed by atoms with van der Waals surface area (Å²) in [4.78, 5) is 15.5. The normalized spacial score (nSPS) is 11.4. The highest BCUT2D eigenvalue weighted by atomic mass is 35.5. The van der Waals surface area contributed by atoms with Crippen LogP contribution in [0, 0.1) is 0 Å². The fourth-order valence-electron chi connectivity index (χ4n) is 2.29. The minimum Gasteiger partial charge on any atom is -0.464 e. The molecular weight excluding hydrogens is 363 g/mol. The van der Waals surface area contributed by atoms with Gasteiger partial charge in [-0.3, -0.25) is 4.68 Å². The molecule has 2 aromatic rings. The van der Waals surface area contributed by atoms with Gasteiger partial charge in [-0.2, -0.15) is 5.10 Å². The number of methoxy groups -OCH3 is 1. The Morgan fingerprint density at radius 2 is 1.88 bits per heavy atom. The first-order chi connectivity index (χ1) is 11.7. The zero-order valence-corrected chi connectivity index (χ0v) is 16.3. The van der Waals surface area contributed by atoms with Crippen molar-refractivity contribution in [2.75, 3.05) is 33.2 Å². The number of hydrogen-bond acceptors (Lipinski definition) is 5. The summed E-state index contributed by atoms with van der Waals surface area (Å²) in [5.74, 6) is 0.153. The monoisotopic (exact) mass is 382 g/mol. The predicted molar refractivity (Wildman–Crippen MR) is 101 cm³/mol. The average molecular weight is 383 g/mol. The lowest BCUT2D eigenvalue weighted by atomic mass is 10.1. The molecule has 0 aliphatic rings. The second-order valence-corrected chi connectivity index (χ2v) is 6.48. The van der Waals surface area contributed by atoms with Gasteiger partial charge in [0.2, 0.25) is 0 Å². The van der Waals surface area contributed by atoms with E-state index < -0.39 is 5.97 Å². The molecule has 6 nitrogen and oxygen atoms in total. The highest BCUT2D eigenvalue weighted by Crippen LogP contribution is 2.30. The van der Waals surface area contributed by atoms with E-state index in [1.807, 2.05) is 33.3 Å². The molecule has 0 amide bonds. The van der Waals surface area contributed by atoms with Gasteiger partial charge >= 0.3 is 5.97 Å². The van der Waals surface area contributed by atoms with Crippen molar-refractivity contribution >= 4 is 35.0 Å². The SMILES string of the molecule is COC(=O)C(=CN(C)C)N(C)c1cc(-c2ccc(Cl)c(Cl)c2)n(C)n1. The van der Waals surface area contributed by atoms with Crippen molar-refractivity contribution in [3.8, 4) is 11.3 Å². The van der Waals surface area contributed by atoms with Crippen LogP contribution < -0.4 is 4.90 Å². The minimum absolute atomic E-state index is 0.367. The molecule has 8 heteroatoms. The summed E-state index contributed by atoms with van der Waals surface area (Å²) in [5, 5.41) is 5.45. The highest BCUT2D eigenvalue weighted by molar-refractivity contribution is 6.42. The van der Waals surface area contributed by atoms with E-state index in [4.69, 9.17) is 27.9 Å². The lowest BCUT2D eigenvalue weighted by Crippen LogP contribution is -2.26. The molecule has 0 radical (unpaired) electrons. The minimum atomic E-state index is -0.446. The topological polar surface area (TPSA) is 50.6 Å². The molecule has 25 heavy (non-hydrogen) atoms.